The van der Waals surface area contributed by atoms with E-state index in [1.807, 2.05) is 25.3 Å². The summed E-state index contributed by atoms with van der Waals surface area (Å²) >= 11 is 4.98. The summed E-state index contributed by atoms with van der Waals surface area (Å²) in [7, 11) is 0. The topological polar surface area (TPSA) is 26.3 Å². The van der Waals surface area contributed by atoms with Crippen molar-refractivity contribution in [1.82, 2.24) is 0 Å². The van der Waals surface area contributed by atoms with Crippen molar-refractivity contribution in [3.8, 4) is 0 Å². The number of halogens is 1. The number of hydrogen-bond acceptors (Lipinski definition) is 3. The summed E-state index contributed by atoms with van der Waals surface area (Å²) in [5.41, 5.74) is 1.87. The van der Waals surface area contributed by atoms with Crippen molar-refractivity contribution >= 4 is 33.7 Å². The van der Waals surface area contributed by atoms with Gasteiger partial charge in [-0.15, -0.1) is 11.8 Å². The fraction of sp³-hybridized carbons (Fsp3) is 0.462. The number of aryl methyl sites for hydroxylation is 1. The van der Waals surface area contributed by atoms with E-state index < -0.39 is 0 Å². The van der Waals surface area contributed by atoms with E-state index in [2.05, 4.69) is 22.0 Å². The molecule has 0 saturated carbocycles. The second-order valence-electron chi connectivity index (χ2n) is 3.55. The van der Waals surface area contributed by atoms with E-state index in [-0.39, 0.29) is 5.97 Å². The smallest absolute Gasteiger partial charge is 0.339 e. The Morgan fingerprint density at radius 1 is 1.47 bits per heavy atom. The number of thioether (sulfide) groups is 1. The summed E-state index contributed by atoms with van der Waals surface area (Å²) in [5.74, 6) is -0.224. The van der Waals surface area contributed by atoms with Gasteiger partial charge in [0.15, 0.2) is 0 Å². The zero-order chi connectivity index (χ0) is 12.7. The van der Waals surface area contributed by atoms with Crippen LogP contribution in [0.5, 0.6) is 0 Å². The predicted octanol–water partition coefficient (Wildman–Crippen LogP) is 3.91. The van der Waals surface area contributed by atoms with E-state index in [0.717, 1.165) is 23.1 Å². The highest BCUT2D eigenvalue weighted by molar-refractivity contribution is 9.09. The molecule has 0 spiro atoms. The van der Waals surface area contributed by atoms with Gasteiger partial charge in [-0.25, -0.2) is 4.79 Å². The van der Waals surface area contributed by atoms with E-state index in [1.165, 1.54) is 5.56 Å². The molecular weight excluding hydrogens is 300 g/mol. The minimum absolute atomic E-state index is 0.224. The van der Waals surface area contributed by atoms with Crippen molar-refractivity contribution in [3.63, 3.8) is 0 Å². The minimum Gasteiger partial charge on any atom is -0.462 e. The van der Waals surface area contributed by atoms with Crippen LogP contribution in [0, 0.1) is 0 Å². The van der Waals surface area contributed by atoms with Gasteiger partial charge in [0.05, 0.1) is 12.2 Å². The van der Waals surface area contributed by atoms with Gasteiger partial charge in [0.25, 0.3) is 0 Å². The molecule has 0 aliphatic heterocycles. The summed E-state index contributed by atoms with van der Waals surface area (Å²) < 4.78 is 5.07. The van der Waals surface area contributed by atoms with Gasteiger partial charge >= 0.3 is 5.97 Å². The third kappa shape index (κ3) is 4.36. The van der Waals surface area contributed by atoms with Crippen LogP contribution in [0.15, 0.2) is 23.1 Å². The average Bonchev–Trinajstić information content (AvgIpc) is 2.36. The Labute approximate surface area is 115 Å². The number of carbonyl (C=O) groups is 1. The van der Waals surface area contributed by atoms with Crippen LogP contribution >= 0.6 is 27.7 Å². The Morgan fingerprint density at radius 3 is 2.82 bits per heavy atom. The highest BCUT2D eigenvalue weighted by Gasteiger charge is 2.12. The molecule has 94 valence electrons. The lowest BCUT2D eigenvalue weighted by Crippen LogP contribution is -2.07. The van der Waals surface area contributed by atoms with Crippen LogP contribution < -0.4 is 0 Å². The summed E-state index contributed by atoms with van der Waals surface area (Å²) in [6.07, 6.45) is 4.02. The molecule has 1 aromatic carbocycles. The van der Waals surface area contributed by atoms with Gasteiger partial charge in [0.1, 0.15) is 0 Å². The van der Waals surface area contributed by atoms with Gasteiger partial charge in [-0.2, -0.15) is 0 Å². The summed E-state index contributed by atoms with van der Waals surface area (Å²) in [4.78, 5) is 12.8. The second-order valence-corrected chi connectivity index (χ2v) is 5.19. The predicted molar refractivity (Wildman–Crippen MR) is 76.3 cm³/mol. The molecule has 0 unspecified atom stereocenters. The summed E-state index contributed by atoms with van der Waals surface area (Å²) in [5, 5.41) is 0.978. The molecule has 0 amide bonds. The Balaban J connectivity index is 2.93. The molecule has 0 aromatic heterocycles. The summed E-state index contributed by atoms with van der Waals surface area (Å²) in [6, 6.07) is 6.03. The number of carbonyl (C=O) groups excluding carboxylic acids is 1. The van der Waals surface area contributed by atoms with E-state index in [0.29, 0.717) is 12.2 Å². The Bertz CT molecular complexity index is 380. The SMILES string of the molecule is CCOC(=O)c1cc(CCCBr)ccc1SC. The maximum Gasteiger partial charge on any atom is 0.339 e. The standard InChI is InChI=1S/C13H17BrO2S/c1-3-16-13(15)11-9-10(5-4-8-14)6-7-12(11)17-2/h6-7,9H,3-5,8H2,1-2H3. The van der Waals surface area contributed by atoms with Crippen molar-refractivity contribution < 1.29 is 9.53 Å². The molecule has 2 nitrogen and oxygen atoms in total. The third-order valence-electron chi connectivity index (χ3n) is 2.36. The van der Waals surface area contributed by atoms with Crippen LogP contribution in [-0.4, -0.2) is 24.2 Å². The number of esters is 1. The van der Waals surface area contributed by atoms with Crippen LogP contribution in [-0.2, 0) is 11.2 Å². The Morgan fingerprint density at radius 2 is 2.24 bits per heavy atom. The fourth-order valence-corrected chi connectivity index (χ4v) is 2.40. The van der Waals surface area contributed by atoms with Crippen molar-refractivity contribution in [2.45, 2.75) is 24.7 Å². The zero-order valence-corrected chi connectivity index (χ0v) is 12.6. The highest BCUT2D eigenvalue weighted by atomic mass is 79.9. The van der Waals surface area contributed by atoms with Crippen molar-refractivity contribution in [2.24, 2.45) is 0 Å². The van der Waals surface area contributed by atoms with Gasteiger partial charge in [0.2, 0.25) is 0 Å². The summed E-state index contributed by atoms with van der Waals surface area (Å²) in [6.45, 7) is 2.24. The van der Waals surface area contributed by atoms with Crippen LogP contribution in [0.25, 0.3) is 0 Å². The highest BCUT2D eigenvalue weighted by Crippen LogP contribution is 2.23. The van der Waals surface area contributed by atoms with Gasteiger partial charge in [-0.1, -0.05) is 22.0 Å². The molecule has 0 aliphatic rings. The molecule has 0 atom stereocenters. The molecule has 17 heavy (non-hydrogen) atoms. The van der Waals surface area contributed by atoms with Crippen LogP contribution in [0.1, 0.15) is 29.3 Å². The molecule has 0 saturated heterocycles. The van der Waals surface area contributed by atoms with Crippen molar-refractivity contribution in [1.29, 1.82) is 0 Å². The molecule has 0 aliphatic carbocycles. The maximum absolute atomic E-state index is 11.8. The third-order valence-corrected chi connectivity index (χ3v) is 3.71. The molecule has 1 aromatic rings. The number of rotatable bonds is 6. The first-order valence-electron chi connectivity index (χ1n) is 5.63. The lowest BCUT2D eigenvalue weighted by molar-refractivity contribution is 0.0522. The largest absolute Gasteiger partial charge is 0.462 e. The van der Waals surface area contributed by atoms with E-state index in [9.17, 15) is 4.79 Å². The van der Waals surface area contributed by atoms with Crippen LogP contribution in [0.4, 0.5) is 0 Å². The molecule has 0 fully saturated rings. The fourth-order valence-electron chi connectivity index (χ4n) is 1.55. The van der Waals surface area contributed by atoms with Gasteiger partial charge < -0.3 is 4.74 Å². The van der Waals surface area contributed by atoms with E-state index >= 15 is 0 Å². The number of hydrogen-bond donors (Lipinski definition) is 0. The first-order chi connectivity index (χ1) is 8.22. The molecule has 0 radical (unpaired) electrons. The monoisotopic (exact) mass is 316 g/mol. The number of ether oxygens (including phenoxy) is 1. The van der Waals surface area contributed by atoms with Crippen LogP contribution in [0.2, 0.25) is 0 Å². The van der Waals surface area contributed by atoms with Crippen LogP contribution in [0.3, 0.4) is 0 Å². The number of benzene rings is 1. The van der Waals surface area contributed by atoms with Crippen molar-refractivity contribution in [2.75, 3.05) is 18.2 Å². The van der Waals surface area contributed by atoms with Gasteiger partial charge in [0, 0.05) is 10.2 Å². The first-order valence-corrected chi connectivity index (χ1v) is 7.97. The average molecular weight is 317 g/mol. The molecule has 1 rings (SSSR count). The molecule has 0 N–H and O–H groups in total. The minimum atomic E-state index is -0.224. The Hall–Kier alpha value is -0.480. The normalized spacial score (nSPS) is 10.3. The zero-order valence-electron chi connectivity index (χ0n) is 10.2. The van der Waals surface area contributed by atoms with E-state index in [1.54, 1.807) is 11.8 Å². The van der Waals surface area contributed by atoms with E-state index in [4.69, 9.17) is 4.74 Å². The van der Waals surface area contributed by atoms with Crippen molar-refractivity contribution in [3.05, 3.63) is 29.3 Å². The molecule has 0 heterocycles. The quantitative estimate of drug-likeness (QED) is 0.452. The Kier molecular flexibility index (Phi) is 6.66. The lowest BCUT2D eigenvalue weighted by Gasteiger charge is -2.09. The maximum atomic E-state index is 11.8. The number of alkyl halides is 1. The molecular formula is C13H17BrO2S. The van der Waals surface area contributed by atoms with Gasteiger partial charge in [-0.05, 0) is 43.7 Å². The lowest BCUT2D eigenvalue weighted by atomic mass is 10.1. The molecule has 0 bridgehead atoms. The van der Waals surface area contributed by atoms with Gasteiger partial charge in [-0.3, -0.25) is 0 Å². The second kappa shape index (κ2) is 7.77. The first kappa shape index (κ1) is 14.6. The molecule has 4 heteroatoms.